The molecule has 92 valence electrons. The molecule has 0 aromatic heterocycles. The Kier molecular flexibility index (Phi) is 6.10. The highest BCUT2D eigenvalue weighted by Gasteiger charge is 2.30. The van der Waals surface area contributed by atoms with E-state index in [9.17, 15) is 4.79 Å². The largest absolute Gasteiger partial charge is 0.341 e. The Morgan fingerprint density at radius 1 is 1.44 bits per heavy atom. The van der Waals surface area contributed by atoms with Crippen molar-refractivity contribution in [2.24, 2.45) is 11.3 Å². The lowest BCUT2D eigenvalue weighted by atomic mass is 9.88. The summed E-state index contributed by atoms with van der Waals surface area (Å²) in [5.74, 6) is 0.606. The fourth-order valence-corrected chi connectivity index (χ4v) is 1.48. The molecule has 1 amide bonds. The Morgan fingerprint density at radius 2 is 2.00 bits per heavy atom. The molecule has 0 aliphatic rings. The van der Waals surface area contributed by atoms with E-state index < -0.39 is 0 Å². The lowest BCUT2D eigenvalue weighted by molar-refractivity contribution is -0.141. The second kappa shape index (κ2) is 6.52. The Bertz CT molecular complexity index is 264. The number of carbonyl (C=O) groups is 1. The monoisotopic (exact) mass is 224 g/mol. The van der Waals surface area contributed by atoms with Crippen LogP contribution in [0.1, 0.15) is 47.5 Å². The van der Waals surface area contributed by atoms with Crippen LogP contribution in [0, 0.1) is 22.7 Å². The lowest BCUT2D eigenvalue weighted by Crippen LogP contribution is -2.43. The fourth-order valence-electron chi connectivity index (χ4n) is 1.48. The quantitative estimate of drug-likeness (QED) is 0.696. The first-order valence-corrected chi connectivity index (χ1v) is 6.01. The number of nitriles is 1. The van der Waals surface area contributed by atoms with Gasteiger partial charge in [-0.1, -0.05) is 34.6 Å². The van der Waals surface area contributed by atoms with Crippen molar-refractivity contribution in [3.8, 4) is 6.07 Å². The first-order chi connectivity index (χ1) is 7.35. The molecule has 0 radical (unpaired) electrons. The van der Waals surface area contributed by atoms with E-state index in [2.05, 4.69) is 19.9 Å². The van der Waals surface area contributed by atoms with Crippen LogP contribution >= 0.6 is 0 Å². The SMILES string of the molecule is CCC(C)(C)C(=O)N(CCC#N)CC(C)C. The minimum absolute atomic E-state index is 0.166. The van der Waals surface area contributed by atoms with Crippen LogP contribution in [0.4, 0.5) is 0 Å². The lowest BCUT2D eigenvalue weighted by Gasteiger charge is -2.32. The van der Waals surface area contributed by atoms with Crippen LogP contribution in [0.25, 0.3) is 0 Å². The van der Waals surface area contributed by atoms with Crippen LogP contribution in [0.3, 0.4) is 0 Å². The minimum Gasteiger partial charge on any atom is -0.341 e. The number of carbonyl (C=O) groups excluding carboxylic acids is 1. The van der Waals surface area contributed by atoms with Gasteiger partial charge in [-0.05, 0) is 12.3 Å². The zero-order valence-electron chi connectivity index (χ0n) is 11.2. The van der Waals surface area contributed by atoms with Crippen LogP contribution in [-0.4, -0.2) is 23.9 Å². The Balaban J connectivity index is 4.62. The van der Waals surface area contributed by atoms with Crippen molar-refractivity contribution in [3.63, 3.8) is 0 Å². The Morgan fingerprint density at radius 3 is 2.38 bits per heavy atom. The molecule has 3 nitrogen and oxygen atoms in total. The summed E-state index contributed by atoms with van der Waals surface area (Å²) in [6.07, 6.45) is 1.24. The van der Waals surface area contributed by atoms with Crippen molar-refractivity contribution in [2.45, 2.75) is 47.5 Å². The van der Waals surface area contributed by atoms with E-state index in [1.807, 2.05) is 25.7 Å². The summed E-state index contributed by atoms with van der Waals surface area (Å²) in [6.45, 7) is 11.4. The van der Waals surface area contributed by atoms with Crippen molar-refractivity contribution < 1.29 is 4.79 Å². The highest BCUT2D eigenvalue weighted by atomic mass is 16.2. The minimum atomic E-state index is -0.315. The summed E-state index contributed by atoms with van der Waals surface area (Å²) in [5, 5.41) is 8.60. The van der Waals surface area contributed by atoms with Crippen molar-refractivity contribution in [1.29, 1.82) is 5.26 Å². The molecule has 0 N–H and O–H groups in total. The summed E-state index contributed by atoms with van der Waals surface area (Å²) in [6, 6.07) is 2.10. The molecule has 0 aromatic rings. The molecule has 0 spiro atoms. The topological polar surface area (TPSA) is 44.1 Å². The third kappa shape index (κ3) is 4.65. The van der Waals surface area contributed by atoms with Gasteiger partial charge in [-0.15, -0.1) is 0 Å². The van der Waals surface area contributed by atoms with E-state index in [1.54, 1.807) is 0 Å². The van der Waals surface area contributed by atoms with E-state index in [4.69, 9.17) is 5.26 Å². The zero-order valence-corrected chi connectivity index (χ0v) is 11.2. The first kappa shape index (κ1) is 15.0. The average molecular weight is 224 g/mol. The standard InChI is InChI=1S/C13H24N2O/c1-6-13(4,5)12(16)15(9-7-8-14)10-11(2)3/h11H,6-7,9-10H2,1-5H3. The summed E-state index contributed by atoms with van der Waals surface area (Å²) in [5.41, 5.74) is -0.315. The average Bonchev–Trinajstić information content (AvgIpc) is 2.22. The van der Waals surface area contributed by atoms with Gasteiger partial charge in [0.25, 0.3) is 0 Å². The van der Waals surface area contributed by atoms with Gasteiger partial charge in [-0.2, -0.15) is 5.26 Å². The maximum absolute atomic E-state index is 12.3. The van der Waals surface area contributed by atoms with E-state index in [0.29, 0.717) is 18.9 Å². The number of hydrogen-bond acceptors (Lipinski definition) is 2. The molecule has 0 fully saturated rings. The van der Waals surface area contributed by atoms with Crippen LogP contribution in [-0.2, 0) is 4.79 Å². The van der Waals surface area contributed by atoms with Gasteiger partial charge in [-0.25, -0.2) is 0 Å². The van der Waals surface area contributed by atoms with E-state index in [1.165, 1.54) is 0 Å². The van der Waals surface area contributed by atoms with Gasteiger partial charge in [0.15, 0.2) is 0 Å². The molecule has 0 heterocycles. The maximum atomic E-state index is 12.3. The second-order valence-corrected chi connectivity index (χ2v) is 5.29. The summed E-state index contributed by atoms with van der Waals surface area (Å²) in [7, 11) is 0. The van der Waals surface area contributed by atoms with Gasteiger partial charge in [0.05, 0.1) is 12.5 Å². The van der Waals surface area contributed by atoms with Crippen LogP contribution in [0.5, 0.6) is 0 Å². The predicted molar refractivity (Wildman–Crippen MR) is 65.7 cm³/mol. The number of rotatable bonds is 6. The zero-order chi connectivity index (χ0) is 12.8. The van der Waals surface area contributed by atoms with Crippen molar-refractivity contribution >= 4 is 5.91 Å². The highest BCUT2D eigenvalue weighted by molar-refractivity contribution is 5.81. The number of hydrogen-bond donors (Lipinski definition) is 0. The first-order valence-electron chi connectivity index (χ1n) is 6.01. The molecule has 0 saturated carbocycles. The molecule has 0 aliphatic heterocycles. The van der Waals surface area contributed by atoms with Gasteiger partial charge in [0.2, 0.25) is 5.91 Å². The summed E-state index contributed by atoms with van der Waals surface area (Å²) < 4.78 is 0. The third-order valence-corrected chi connectivity index (χ3v) is 2.83. The smallest absolute Gasteiger partial charge is 0.228 e. The van der Waals surface area contributed by atoms with Crippen molar-refractivity contribution in [2.75, 3.05) is 13.1 Å². The van der Waals surface area contributed by atoms with Gasteiger partial charge >= 0.3 is 0 Å². The molecule has 0 bridgehead atoms. The highest BCUT2D eigenvalue weighted by Crippen LogP contribution is 2.23. The van der Waals surface area contributed by atoms with Crippen LogP contribution in [0.15, 0.2) is 0 Å². The van der Waals surface area contributed by atoms with Crippen LogP contribution < -0.4 is 0 Å². The molecule has 0 unspecified atom stereocenters. The molecule has 0 aromatic carbocycles. The number of nitrogens with zero attached hydrogens (tertiary/aromatic N) is 2. The third-order valence-electron chi connectivity index (χ3n) is 2.83. The Labute approximate surface area is 99.4 Å². The van der Waals surface area contributed by atoms with Gasteiger partial charge in [0.1, 0.15) is 0 Å². The maximum Gasteiger partial charge on any atom is 0.228 e. The van der Waals surface area contributed by atoms with Gasteiger partial charge < -0.3 is 4.90 Å². The molecular formula is C13H24N2O. The molecule has 0 rings (SSSR count). The molecule has 0 atom stereocenters. The molecule has 0 saturated heterocycles. The summed E-state index contributed by atoms with van der Waals surface area (Å²) >= 11 is 0. The van der Waals surface area contributed by atoms with E-state index in [0.717, 1.165) is 13.0 Å². The van der Waals surface area contributed by atoms with Crippen molar-refractivity contribution in [3.05, 3.63) is 0 Å². The molecular weight excluding hydrogens is 200 g/mol. The van der Waals surface area contributed by atoms with E-state index in [-0.39, 0.29) is 11.3 Å². The normalized spacial score (nSPS) is 11.3. The molecule has 16 heavy (non-hydrogen) atoms. The fraction of sp³-hybridized carbons (Fsp3) is 0.846. The molecule has 3 heteroatoms. The predicted octanol–water partition coefficient (Wildman–Crippen LogP) is 2.82. The summed E-state index contributed by atoms with van der Waals surface area (Å²) in [4.78, 5) is 14.1. The van der Waals surface area contributed by atoms with Crippen LogP contribution in [0.2, 0.25) is 0 Å². The Hall–Kier alpha value is -1.04. The molecule has 0 aliphatic carbocycles. The van der Waals surface area contributed by atoms with E-state index >= 15 is 0 Å². The van der Waals surface area contributed by atoms with Gasteiger partial charge in [0, 0.05) is 18.5 Å². The van der Waals surface area contributed by atoms with Crippen molar-refractivity contribution in [1.82, 2.24) is 4.90 Å². The van der Waals surface area contributed by atoms with Gasteiger partial charge in [-0.3, -0.25) is 4.79 Å². The number of amides is 1. The second-order valence-electron chi connectivity index (χ2n) is 5.29.